The number of phenolic OH excluding ortho intramolecular Hbond substituents is 1. The molecule has 72 valence electrons. The lowest BCUT2D eigenvalue weighted by Gasteiger charge is -2.08. The first kappa shape index (κ1) is 10.3. The summed E-state index contributed by atoms with van der Waals surface area (Å²) in [5, 5.41) is 9.52. The van der Waals surface area contributed by atoms with Crippen molar-refractivity contribution < 1.29 is 9.90 Å². The molecule has 0 saturated carbocycles. The van der Waals surface area contributed by atoms with Gasteiger partial charge in [-0.1, -0.05) is 18.7 Å². The second-order valence-corrected chi connectivity index (χ2v) is 2.88. The summed E-state index contributed by atoms with van der Waals surface area (Å²) in [6.07, 6.45) is 4.55. The zero-order chi connectivity index (χ0) is 10.6. The summed E-state index contributed by atoms with van der Waals surface area (Å²) >= 11 is 0. The van der Waals surface area contributed by atoms with Crippen LogP contribution in [0.1, 0.15) is 21.5 Å². The maximum Gasteiger partial charge on any atom is 0.150 e. The SMILES string of the molecule is C=CCc1c(C=O)ccc(O)c1C=C. The van der Waals surface area contributed by atoms with Gasteiger partial charge in [-0.25, -0.2) is 0 Å². The average molecular weight is 188 g/mol. The standard InChI is InChI=1S/C12H12O2/c1-3-5-11-9(8-13)6-7-12(14)10(11)4-2/h3-4,6-8,14H,1-2,5H2. The van der Waals surface area contributed by atoms with Crippen LogP contribution in [0.3, 0.4) is 0 Å². The first-order valence-corrected chi connectivity index (χ1v) is 4.28. The fourth-order valence-corrected chi connectivity index (χ4v) is 1.38. The Hall–Kier alpha value is -1.83. The van der Waals surface area contributed by atoms with E-state index in [2.05, 4.69) is 13.2 Å². The molecule has 0 aromatic heterocycles. The first-order valence-electron chi connectivity index (χ1n) is 4.28. The first-order chi connectivity index (χ1) is 6.74. The molecule has 1 aromatic rings. The van der Waals surface area contributed by atoms with E-state index in [1.165, 1.54) is 6.07 Å². The van der Waals surface area contributed by atoms with E-state index in [0.717, 1.165) is 11.8 Å². The topological polar surface area (TPSA) is 37.3 Å². The van der Waals surface area contributed by atoms with Gasteiger partial charge in [0.25, 0.3) is 0 Å². The summed E-state index contributed by atoms with van der Waals surface area (Å²) in [6.45, 7) is 7.20. The third-order valence-electron chi connectivity index (χ3n) is 2.05. The number of aldehydes is 1. The highest BCUT2D eigenvalue weighted by Crippen LogP contribution is 2.25. The molecule has 0 aliphatic rings. The van der Waals surface area contributed by atoms with E-state index in [0.29, 0.717) is 17.5 Å². The minimum absolute atomic E-state index is 0.141. The zero-order valence-electron chi connectivity index (χ0n) is 7.86. The van der Waals surface area contributed by atoms with E-state index < -0.39 is 0 Å². The quantitative estimate of drug-likeness (QED) is 0.582. The fourth-order valence-electron chi connectivity index (χ4n) is 1.38. The normalized spacial score (nSPS) is 9.43. The maximum absolute atomic E-state index is 10.7. The number of rotatable bonds is 4. The molecule has 0 aliphatic carbocycles. The highest BCUT2D eigenvalue weighted by atomic mass is 16.3. The molecular formula is C12H12O2. The number of hydrogen-bond donors (Lipinski definition) is 1. The molecule has 0 fully saturated rings. The van der Waals surface area contributed by atoms with Crippen molar-refractivity contribution in [2.45, 2.75) is 6.42 Å². The molecule has 1 rings (SSSR count). The minimum atomic E-state index is 0.141. The Morgan fingerprint density at radius 3 is 2.57 bits per heavy atom. The van der Waals surface area contributed by atoms with Gasteiger partial charge < -0.3 is 5.11 Å². The Kier molecular flexibility index (Phi) is 3.24. The maximum atomic E-state index is 10.7. The van der Waals surface area contributed by atoms with Crippen molar-refractivity contribution >= 4 is 12.4 Å². The second kappa shape index (κ2) is 4.42. The van der Waals surface area contributed by atoms with Gasteiger partial charge in [0.15, 0.2) is 0 Å². The molecule has 1 aromatic carbocycles. The largest absolute Gasteiger partial charge is 0.507 e. The number of carbonyl (C=O) groups excluding carboxylic acids is 1. The molecule has 0 aliphatic heterocycles. The third-order valence-corrected chi connectivity index (χ3v) is 2.05. The summed E-state index contributed by atoms with van der Waals surface area (Å²) in [7, 11) is 0. The van der Waals surface area contributed by atoms with Crippen molar-refractivity contribution in [3.05, 3.63) is 48.1 Å². The molecule has 0 radical (unpaired) electrons. The summed E-state index contributed by atoms with van der Waals surface area (Å²) in [5.41, 5.74) is 1.94. The number of allylic oxidation sites excluding steroid dienone is 1. The van der Waals surface area contributed by atoms with Crippen molar-refractivity contribution in [1.82, 2.24) is 0 Å². The van der Waals surface area contributed by atoms with Gasteiger partial charge in [-0.15, -0.1) is 6.58 Å². The molecule has 14 heavy (non-hydrogen) atoms. The van der Waals surface area contributed by atoms with Crippen LogP contribution in [0.25, 0.3) is 6.08 Å². The van der Waals surface area contributed by atoms with E-state index in [1.807, 2.05) is 0 Å². The molecule has 0 atom stereocenters. The summed E-state index contributed by atoms with van der Waals surface area (Å²) in [6, 6.07) is 3.08. The summed E-state index contributed by atoms with van der Waals surface area (Å²) in [5.74, 6) is 0.141. The van der Waals surface area contributed by atoms with Crippen LogP contribution in [0.2, 0.25) is 0 Å². The molecule has 0 amide bonds. The van der Waals surface area contributed by atoms with Gasteiger partial charge >= 0.3 is 0 Å². The van der Waals surface area contributed by atoms with E-state index in [-0.39, 0.29) is 5.75 Å². The molecule has 0 bridgehead atoms. The molecule has 2 heteroatoms. The number of phenols is 1. The average Bonchev–Trinajstić information content (AvgIpc) is 2.19. The Bertz CT molecular complexity index is 378. The molecule has 0 saturated heterocycles. The van der Waals surface area contributed by atoms with Crippen LogP contribution < -0.4 is 0 Å². The van der Waals surface area contributed by atoms with Gasteiger partial charge in [-0.2, -0.15) is 0 Å². The van der Waals surface area contributed by atoms with E-state index in [4.69, 9.17) is 0 Å². The van der Waals surface area contributed by atoms with Crippen LogP contribution in [-0.4, -0.2) is 11.4 Å². The minimum Gasteiger partial charge on any atom is -0.507 e. The van der Waals surface area contributed by atoms with Gasteiger partial charge in [-0.3, -0.25) is 4.79 Å². The predicted octanol–water partition coefficient (Wildman–Crippen LogP) is 2.58. The lowest BCUT2D eigenvalue weighted by atomic mass is 9.98. The number of benzene rings is 1. The lowest BCUT2D eigenvalue weighted by molar-refractivity contribution is 0.112. The molecule has 2 nitrogen and oxygen atoms in total. The van der Waals surface area contributed by atoms with Gasteiger partial charge in [0.2, 0.25) is 0 Å². The van der Waals surface area contributed by atoms with E-state index in [9.17, 15) is 9.90 Å². The fraction of sp³-hybridized carbons (Fsp3) is 0.0833. The molecule has 0 spiro atoms. The zero-order valence-corrected chi connectivity index (χ0v) is 7.86. The van der Waals surface area contributed by atoms with Crippen molar-refractivity contribution in [2.75, 3.05) is 0 Å². The van der Waals surface area contributed by atoms with Crippen LogP contribution in [-0.2, 0) is 6.42 Å². The van der Waals surface area contributed by atoms with Crippen molar-refractivity contribution in [1.29, 1.82) is 0 Å². The van der Waals surface area contributed by atoms with Gasteiger partial charge in [0, 0.05) is 11.1 Å². The Morgan fingerprint density at radius 2 is 2.07 bits per heavy atom. The predicted molar refractivity (Wildman–Crippen MR) is 57.5 cm³/mol. The van der Waals surface area contributed by atoms with Gasteiger partial charge in [-0.05, 0) is 24.1 Å². The van der Waals surface area contributed by atoms with Crippen LogP contribution in [0, 0.1) is 0 Å². The highest BCUT2D eigenvalue weighted by Gasteiger charge is 2.08. The van der Waals surface area contributed by atoms with Gasteiger partial charge in [0.05, 0.1) is 0 Å². The third kappa shape index (κ3) is 1.74. The number of carbonyl (C=O) groups is 1. The highest BCUT2D eigenvalue weighted by molar-refractivity contribution is 5.81. The van der Waals surface area contributed by atoms with Crippen molar-refractivity contribution in [3.8, 4) is 5.75 Å². The Labute approximate surface area is 83.2 Å². The Balaban J connectivity index is 3.42. The molecular weight excluding hydrogens is 176 g/mol. The van der Waals surface area contributed by atoms with Crippen LogP contribution in [0.5, 0.6) is 5.75 Å². The molecule has 0 heterocycles. The Morgan fingerprint density at radius 1 is 1.36 bits per heavy atom. The van der Waals surface area contributed by atoms with Crippen LogP contribution in [0.4, 0.5) is 0 Å². The number of hydrogen-bond acceptors (Lipinski definition) is 2. The summed E-state index contributed by atoms with van der Waals surface area (Å²) in [4.78, 5) is 10.7. The smallest absolute Gasteiger partial charge is 0.150 e. The van der Waals surface area contributed by atoms with Crippen molar-refractivity contribution in [2.24, 2.45) is 0 Å². The molecule has 0 unspecified atom stereocenters. The van der Waals surface area contributed by atoms with Crippen LogP contribution >= 0.6 is 0 Å². The van der Waals surface area contributed by atoms with E-state index in [1.54, 1.807) is 18.2 Å². The lowest BCUT2D eigenvalue weighted by Crippen LogP contribution is -1.95. The van der Waals surface area contributed by atoms with Crippen molar-refractivity contribution in [3.63, 3.8) is 0 Å². The van der Waals surface area contributed by atoms with E-state index >= 15 is 0 Å². The number of aromatic hydroxyl groups is 1. The van der Waals surface area contributed by atoms with Gasteiger partial charge in [0.1, 0.15) is 12.0 Å². The summed E-state index contributed by atoms with van der Waals surface area (Å²) < 4.78 is 0. The monoisotopic (exact) mass is 188 g/mol. The van der Waals surface area contributed by atoms with Crippen LogP contribution in [0.15, 0.2) is 31.4 Å². The molecule has 1 N–H and O–H groups in total. The second-order valence-electron chi connectivity index (χ2n) is 2.88.